The Balaban J connectivity index is 1.45. The van der Waals surface area contributed by atoms with Gasteiger partial charge in [0.15, 0.2) is 0 Å². The average molecular weight is 946 g/mol. The molecule has 70 heavy (non-hydrogen) atoms. The summed E-state index contributed by atoms with van der Waals surface area (Å²) < 4.78 is 91.1. The van der Waals surface area contributed by atoms with Gasteiger partial charge in [0.25, 0.3) is 0 Å². The van der Waals surface area contributed by atoms with Crippen LogP contribution in [-0.2, 0) is 34.0 Å². The Kier molecular flexibility index (Phi) is 11.1. The van der Waals surface area contributed by atoms with Crippen LogP contribution in [0.1, 0.15) is 122 Å². The van der Waals surface area contributed by atoms with Gasteiger partial charge in [-0.2, -0.15) is 31.6 Å². The maximum Gasteiger partial charge on any atom is 0.416 e. The number of benzene rings is 7. The van der Waals surface area contributed by atoms with Crippen molar-refractivity contribution in [1.82, 2.24) is 9.13 Å². The summed E-state index contributed by atoms with van der Waals surface area (Å²) in [7, 11) is 0. The predicted octanol–water partition coefficient (Wildman–Crippen LogP) is 18.3. The van der Waals surface area contributed by atoms with Gasteiger partial charge >= 0.3 is 12.4 Å². The number of halogens is 6. The van der Waals surface area contributed by atoms with E-state index in [0.717, 1.165) is 78.0 Å². The van der Waals surface area contributed by atoms with Crippen molar-refractivity contribution in [3.05, 3.63) is 166 Å². The maximum absolute atomic E-state index is 14.5. The van der Waals surface area contributed by atoms with Crippen LogP contribution in [0.15, 0.2) is 127 Å². The second-order valence-corrected chi connectivity index (χ2v) is 23.0. The fourth-order valence-electron chi connectivity index (χ4n) is 9.69. The average Bonchev–Trinajstić information content (AvgIpc) is 3.78. The molecule has 9 heteroatoms. The van der Waals surface area contributed by atoms with Crippen molar-refractivity contribution in [2.24, 2.45) is 0 Å². The zero-order valence-electron chi connectivity index (χ0n) is 41.7. The number of fused-ring (bicyclic) bond motifs is 6. The van der Waals surface area contributed by atoms with Gasteiger partial charge in [-0.05, 0) is 146 Å². The summed E-state index contributed by atoms with van der Waals surface area (Å²) >= 11 is 0. The van der Waals surface area contributed by atoms with E-state index in [4.69, 9.17) is 0 Å². The summed E-state index contributed by atoms with van der Waals surface area (Å²) in [5.74, 6) is 0. The molecule has 2 aromatic heterocycles. The third-order valence-electron chi connectivity index (χ3n) is 13.8. The Labute approximate surface area is 406 Å². The lowest BCUT2D eigenvalue weighted by Crippen LogP contribution is -2.11. The van der Waals surface area contributed by atoms with E-state index < -0.39 is 23.5 Å². The van der Waals surface area contributed by atoms with Gasteiger partial charge in [-0.1, -0.05) is 119 Å². The lowest BCUT2D eigenvalue weighted by molar-refractivity contribution is -0.143. The summed E-state index contributed by atoms with van der Waals surface area (Å²) in [5.41, 5.74) is 7.22. The van der Waals surface area contributed by atoms with Gasteiger partial charge < -0.3 is 9.13 Å². The van der Waals surface area contributed by atoms with Crippen molar-refractivity contribution in [2.75, 3.05) is 0 Å². The first kappa shape index (κ1) is 48.2. The minimum Gasteiger partial charge on any atom is -0.309 e. The first-order valence-electron chi connectivity index (χ1n) is 23.6. The molecule has 0 atom stereocenters. The second kappa shape index (κ2) is 16.1. The number of nitrogens with zero attached hydrogens (tertiary/aromatic N) is 3. The molecule has 0 fully saturated rings. The van der Waals surface area contributed by atoms with Gasteiger partial charge in [0.05, 0.1) is 56.2 Å². The molecule has 0 aliphatic rings. The van der Waals surface area contributed by atoms with Crippen molar-refractivity contribution in [3.63, 3.8) is 0 Å². The molecule has 0 bridgehead atoms. The van der Waals surface area contributed by atoms with Gasteiger partial charge in [-0.15, -0.1) is 0 Å². The summed E-state index contributed by atoms with van der Waals surface area (Å²) in [5, 5.41) is 14.5. The summed E-state index contributed by atoms with van der Waals surface area (Å²) in [6.45, 7) is 26.0. The normalized spacial score (nSPS) is 13.3. The van der Waals surface area contributed by atoms with Crippen molar-refractivity contribution in [3.8, 4) is 39.7 Å². The molecule has 0 radical (unpaired) electrons. The van der Waals surface area contributed by atoms with E-state index in [1.54, 1.807) is 24.3 Å². The number of aromatic nitrogens is 2. The molecule has 3 nitrogen and oxygen atoms in total. The first-order chi connectivity index (χ1) is 32.4. The minimum atomic E-state index is -5.05. The van der Waals surface area contributed by atoms with Crippen LogP contribution < -0.4 is 0 Å². The summed E-state index contributed by atoms with van der Waals surface area (Å²) in [4.78, 5) is 0. The van der Waals surface area contributed by atoms with Gasteiger partial charge in [-0.25, -0.2) is 0 Å². The first-order valence-corrected chi connectivity index (χ1v) is 23.6. The minimum absolute atomic E-state index is 0.156. The van der Waals surface area contributed by atoms with Crippen LogP contribution in [-0.4, -0.2) is 9.13 Å². The Morgan fingerprint density at radius 3 is 1.06 bits per heavy atom. The van der Waals surface area contributed by atoms with Gasteiger partial charge in [0, 0.05) is 32.7 Å². The highest BCUT2D eigenvalue weighted by atomic mass is 19.4. The summed E-state index contributed by atoms with van der Waals surface area (Å²) in [6, 6.07) is 40.3. The largest absolute Gasteiger partial charge is 0.416 e. The molecule has 0 amide bonds. The zero-order chi connectivity index (χ0) is 50.8. The third kappa shape index (κ3) is 8.54. The predicted molar refractivity (Wildman–Crippen MR) is 276 cm³/mol. The topological polar surface area (TPSA) is 33.6 Å². The molecule has 9 rings (SSSR count). The molecular weight excluding hydrogens is 889 g/mol. The van der Waals surface area contributed by atoms with Crippen LogP contribution in [0.3, 0.4) is 0 Å². The van der Waals surface area contributed by atoms with E-state index >= 15 is 0 Å². The molecular formula is C61H57F6N3. The number of hydrogen-bond donors (Lipinski definition) is 0. The molecule has 0 aliphatic heterocycles. The lowest BCUT2D eigenvalue weighted by Gasteiger charge is -2.22. The second-order valence-electron chi connectivity index (χ2n) is 23.0. The van der Waals surface area contributed by atoms with Gasteiger partial charge in [0.1, 0.15) is 0 Å². The van der Waals surface area contributed by atoms with Crippen molar-refractivity contribution in [1.29, 1.82) is 5.26 Å². The molecule has 358 valence electrons. The van der Waals surface area contributed by atoms with Crippen LogP contribution in [0.4, 0.5) is 26.3 Å². The van der Waals surface area contributed by atoms with Crippen LogP contribution in [0.25, 0.3) is 77.2 Å². The van der Waals surface area contributed by atoms with Crippen LogP contribution in [0.5, 0.6) is 0 Å². The Bertz CT molecular complexity index is 3440. The van der Waals surface area contributed by atoms with E-state index in [-0.39, 0.29) is 38.9 Å². The van der Waals surface area contributed by atoms with Crippen LogP contribution in [0, 0.1) is 11.3 Å². The smallest absolute Gasteiger partial charge is 0.309 e. The lowest BCUT2D eigenvalue weighted by atomic mass is 9.85. The molecule has 0 N–H and O–H groups in total. The molecule has 0 spiro atoms. The molecule has 2 heterocycles. The third-order valence-corrected chi connectivity index (χ3v) is 13.8. The quantitative estimate of drug-likeness (QED) is 0.162. The molecule has 0 unspecified atom stereocenters. The number of nitriles is 1. The standard InChI is InChI=1S/C61H57F6N3/c1-56(2,3)38-15-21-51-46(30-38)47-31-39(57(4,5)6)16-22-52(47)69(51)50-20-14-36(37-26-42(60(62,63)64)29-43(27-37)61(65,66)67)28-45(50)44-19-13-35(34-68)25-55(44)70-53-23-17-40(58(7,8)9)32-48(53)49-33-41(59(10,11)12)18-24-54(49)70/h13-33H,1-12H3. The zero-order valence-corrected chi connectivity index (χ0v) is 41.7. The van der Waals surface area contributed by atoms with Crippen molar-refractivity contribution >= 4 is 43.6 Å². The fourth-order valence-corrected chi connectivity index (χ4v) is 9.69. The molecule has 0 saturated heterocycles. The van der Waals surface area contributed by atoms with E-state index in [1.165, 1.54) is 0 Å². The van der Waals surface area contributed by atoms with E-state index in [2.05, 4.69) is 171 Å². The van der Waals surface area contributed by atoms with Crippen molar-refractivity contribution < 1.29 is 26.3 Å². The molecule has 0 aliphatic carbocycles. The molecule has 9 aromatic rings. The number of rotatable bonds is 4. The SMILES string of the molecule is CC(C)(C)c1ccc2c(c1)c1cc(C(C)(C)C)ccc1n2-c1ccc(-c2cc(C(F)(F)F)cc(C(F)(F)F)c2)cc1-c1ccc(C#N)cc1-n1c2ccc(C(C)(C)C)cc2c2cc(C(C)(C)C)ccc21. The summed E-state index contributed by atoms with van der Waals surface area (Å²) in [6.07, 6.45) is -10.1. The van der Waals surface area contributed by atoms with Gasteiger partial charge in [0.2, 0.25) is 0 Å². The Morgan fingerprint density at radius 2 is 0.714 bits per heavy atom. The van der Waals surface area contributed by atoms with E-state index in [0.29, 0.717) is 28.1 Å². The Morgan fingerprint density at radius 1 is 0.343 bits per heavy atom. The van der Waals surface area contributed by atoms with Crippen LogP contribution in [0.2, 0.25) is 0 Å². The monoisotopic (exact) mass is 945 g/mol. The number of alkyl halides is 6. The highest BCUT2D eigenvalue weighted by molar-refractivity contribution is 6.12. The van der Waals surface area contributed by atoms with E-state index in [1.807, 2.05) is 12.1 Å². The van der Waals surface area contributed by atoms with E-state index in [9.17, 15) is 31.6 Å². The highest BCUT2D eigenvalue weighted by Gasteiger charge is 2.37. The van der Waals surface area contributed by atoms with Crippen molar-refractivity contribution in [2.45, 2.75) is 117 Å². The fraction of sp³-hybridized carbons (Fsp3) is 0.295. The Hall–Kier alpha value is -6.79. The van der Waals surface area contributed by atoms with Crippen LogP contribution >= 0.6 is 0 Å². The maximum atomic E-state index is 14.5. The highest BCUT2D eigenvalue weighted by Crippen LogP contribution is 2.46. The number of hydrogen-bond acceptors (Lipinski definition) is 1. The van der Waals surface area contributed by atoms with Gasteiger partial charge in [-0.3, -0.25) is 0 Å². The molecule has 0 saturated carbocycles. The molecule has 7 aromatic carbocycles.